The highest BCUT2D eigenvalue weighted by molar-refractivity contribution is 9.09. The SMILES string of the molecule is CC1(C)C(=O)Nc2ccc(CCBr)cc21. The van der Waals surface area contributed by atoms with E-state index in [0.717, 1.165) is 23.0 Å². The number of amides is 1. The Morgan fingerprint density at radius 2 is 2.13 bits per heavy atom. The lowest BCUT2D eigenvalue weighted by atomic mass is 9.85. The number of rotatable bonds is 2. The number of benzene rings is 1. The fourth-order valence-corrected chi connectivity index (χ4v) is 2.34. The van der Waals surface area contributed by atoms with E-state index in [1.807, 2.05) is 19.9 Å². The zero-order chi connectivity index (χ0) is 11.1. The van der Waals surface area contributed by atoms with Gasteiger partial charge in [0.05, 0.1) is 5.41 Å². The van der Waals surface area contributed by atoms with Crippen molar-refractivity contribution in [2.45, 2.75) is 25.7 Å². The Morgan fingerprint density at radius 1 is 1.40 bits per heavy atom. The van der Waals surface area contributed by atoms with Crippen molar-refractivity contribution in [2.75, 3.05) is 10.6 Å². The highest BCUT2D eigenvalue weighted by Crippen LogP contribution is 2.37. The summed E-state index contributed by atoms with van der Waals surface area (Å²) in [6.45, 7) is 3.93. The molecule has 0 atom stereocenters. The molecule has 0 saturated carbocycles. The van der Waals surface area contributed by atoms with Crippen LogP contribution in [0.2, 0.25) is 0 Å². The Labute approximate surface area is 98.2 Å². The molecule has 1 aromatic rings. The third-order valence-corrected chi connectivity index (χ3v) is 3.35. The van der Waals surface area contributed by atoms with E-state index in [4.69, 9.17) is 0 Å². The molecular formula is C12H14BrNO. The third kappa shape index (κ3) is 1.69. The summed E-state index contributed by atoms with van der Waals surface area (Å²) < 4.78 is 0. The predicted octanol–water partition coefficient (Wildman–Crippen LogP) is 2.85. The van der Waals surface area contributed by atoms with Crippen molar-refractivity contribution in [2.24, 2.45) is 0 Å². The van der Waals surface area contributed by atoms with E-state index < -0.39 is 5.41 Å². The number of alkyl halides is 1. The van der Waals surface area contributed by atoms with Gasteiger partial charge in [-0.3, -0.25) is 4.79 Å². The minimum Gasteiger partial charge on any atom is -0.325 e. The Balaban J connectivity index is 2.45. The highest BCUT2D eigenvalue weighted by Gasteiger charge is 2.38. The van der Waals surface area contributed by atoms with Gasteiger partial charge in [0, 0.05) is 11.0 Å². The van der Waals surface area contributed by atoms with E-state index in [0.29, 0.717) is 0 Å². The van der Waals surface area contributed by atoms with Gasteiger partial charge in [-0.15, -0.1) is 0 Å². The summed E-state index contributed by atoms with van der Waals surface area (Å²) in [6, 6.07) is 6.20. The molecule has 0 unspecified atom stereocenters. The first-order valence-corrected chi connectivity index (χ1v) is 6.18. The molecule has 80 valence electrons. The van der Waals surface area contributed by atoms with Crippen LogP contribution in [0.4, 0.5) is 5.69 Å². The zero-order valence-electron chi connectivity index (χ0n) is 8.93. The number of carbonyl (C=O) groups is 1. The van der Waals surface area contributed by atoms with Crippen LogP contribution in [-0.2, 0) is 16.6 Å². The number of halogens is 1. The molecule has 1 amide bonds. The van der Waals surface area contributed by atoms with Crippen LogP contribution in [0.1, 0.15) is 25.0 Å². The number of nitrogens with one attached hydrogen (secondary N) is 1. The molecule has 0 aliphatic carbocycles. The summed E-state index contributed by atoms with van der Waals surface area (Å²) in [4.78, 5) is 11.7. The van der Waals surface area contributed by atoms with Gasteiger partial charge in [-0.2, -0.15) is 0 Å². The molecule has 3 heteroatoms. The van der Waals surface area contributed by atoms with Crippen molar-refractivity contribution in [3.63, 3.8) is 0 Å². The minimum absolute atomic E-state index is 0.0912. The van der Waals surface area contributed by atoms with Crippen LogP contribution in [0.25, 0.3) is 0 Å². The summed E-state index contributed by atoms with van der Waals surface area (Å²) in [5, 5.41) is 3.86. The number of aryl methyl sites for hydroxylation is 1. The van der Waals surface area contributed by atoms with Gasteiger partial charge in [0.15, 0.2) is 0 Å². The smallest absolute Gasteiger partial charge is 0.234 e. The molecule has 1 N–H and O–H groups in total. The lowest BCUT2D eigenvalue weighted by molar-refractivity contribution is -0.119. The molecule has 1 aromatic carbocycles. The van der Waals surface area contributed by atoms with Crippen LogP contribution in [-0.4, -0.2) is 11.2 Å². The van der Waals surface area contributed by atoms with Crippen LogP contribution < -0.4 is 5.32 Å². The molecule has 0 saturated heterocycles. The predicted molar refractivity (Wildman–Crippen MR) is 65.6 cm³/mol. The average molecular weight is 268 g/mol. The molecular weight excluding hydrogens is 254 g/mol. The van der Waals surface area contributed by atoms with Gasteiger partial charge in [0.25, 0.3) is 0 Å². The molecule has 0 aromatic heterocycles. The number of anilines is 1. The lowest BCUT2D eigenvalue weighted by Crippen LogP contribution is -2.26. The van der Waals surface area contributed by atoms with Crippen molar-refractivity contribution < 1.29 is 4.79 Å². The topological polar surface area (TPSA) is 29.1 Å². The molecule has 2 nitrogen and oxygen atoms in total. The Morgan fingerprint density at radius 3 is 2.80 bits per heavy atom. The van der Waals surface area contributed by atoms with Crippen LogP contribution in [0.3, 0.4) is 0 Å². The molecule has 15 heavy (non-hydrogen) atoms. The quantitative estimate of drug-likeness (QED) is 0.821. The van der Waals surface area contributed by atoms with Gasteiger partial charge >= 0.3 is 0 Å². The van der Waals surface area contributed by atoms with Crippen molar-refractivity contribution in [1.29, 1.82) is 0 Å². The van der Waals surface area contributed by atoms with Gasteiger partial charge < -0.3 is 5.32 Å². The monoisotopic (exact) mass is 267 g/mol. The molecule has 1 aliphatic rings. The first kappa shape index (κ1) is 10.7. The van der Waals surface area contributed by atoms with Gasteiger partial charge in [0.1, 0.15) is 0 Å². The van der Waals surface area contributed by atoms with Gasteiger partial charge in [-0.05, 0) is 37.5 Å². The van der Waals surface area contributed by atoms with Crippen molar-refractivity contribution in [3.05, 3.63) is 29.3 Å². The second-order valence-electron chi connectivity index (χ2n) is 4.40. The summed E-state index contributed by atoms with van der Waals surface area (Å²) in [5.41, 5.74) is 2.96. The first-order chi connectivity index (χ1) is 7.05. The number of hydrogen-bond donors (Lipinski definition) is 1. The molecule has 0 spiro atoms. The van der Waals surface area contributed by atoms with Crippen LogP contribution in [0.5, 0.6) is 0 Å². The Kier molecular flexibility index (Phi) is 2.59. The maximum Gasteiger partial charge on any atom is 0.234 e. The number of carbonyl (C=O) groups excluding carboxylic acids is 1. The molecule has 0 fully saturated rings. The summed E-state index contributed by atoms with van der Waals surface area (Å²) in [6.07, 6.45) is 0.998. The lowest BCUT2D eigenvalue weighted by Gasteiger charge is -2.15. The maximum atomic E-state index is 11.7. The second kappa shape index (κ2) is 3.63. The van der Waals surface area contributed by atoms with E-state index in [1.54, 1.807) is 0 Å². The molecule has 1 aliphatic heterocycles. The molecule has 0 radical (unpaired) electrons. The van der Waals surface area contributed by atoms with Crippen LogP contribution in [0.15, 0.2) is 18.2 Å². The van der Waals surface area contributed by atoms with E-state index in [1.165, 1.54) is 5.56 Å². The number of hydrogen-bond acceptors (Lipinski definition) is 1. The summed E-state index contributed by atoms with van der Waals surface area (Å²) in [7, 11) is 0. The number of fused-ring (bicyclic) bond motifs is 1. The van der Waals surface area contributed by atoms with E-state index >= 15 is 0 Å². The molecule has 2 rings (SSSR count). The molecule has 0 bridgehead atoms. The summed E-state index contributed by atoms with van der Waals surface area (Å²) in [5.74, 6) is 0.0912. The Bertz CT molecular complexity index is 412. The Hall–Kier alpha value is -0.830. The van der Waals surface area contributed by atoms with Gasteiger partial charge in [0.2, 0.25) is 5.91 Å². The fraction of sp³-hybridized carbons (Fsp3) is 0.417. The standard InChI is InChI=1S/C12H14BrNO/c1-12(2)9-7-8(5-6-13)3-4-10(9)14-11(12)15/h3-4,7H,5-6H2,1-2H3,(H,14,15). The minimum atomic E-state index is -0.391. The van der Waals surface area contributed by atoms with E-state index in [9.17, 15) is 4.79 Å². The van der Waals surface area contributed by atoms with E-state index in [2.05, 4.69) is 33.4 Å². The third-order valence-electron chi connectivity index (χ3n) is 2.96. The first-order valence-electron chi connectivity index (χ1n) is 5.06. The van der Waals surface area contributed by atoms with Crippen LogP contribution >= 0.6 is 15.9 Å². The van der Waals surface area contributed by atoms with E-state index in [-0.39, 0.29) is 5.91 Å². The van der Waals surface area contributed by atoms with Crippen molar-refractivity contribution >= 4 is 27.5 Å². The fourth-order valence-electron chi connectivity index (χ4n) is 1.88. The second-order valence-corrected chi connectivity index (χ2v) is 5.19. The van der Waals surface area contributed by atoms with Crippen molar-refractivity contribution in [1.82, 2.24) is 0 Å². The molecule has 1 heterocycles. The average Bonchev–Trinajstić information content (AvgIpc) is 2.40. The zero-order valence-corrected chi connectivity index (χ0v) is 10.5. The van der Waals surface area contributed by atoms with Gasteiger partial charge in [-0.1, -0.05) is 28.1 Å². The largest absolute Gasteiger partial charge is 0.325 e. The normalized spacial score (nSPS) is 17.4. The highest BCUT2D eigenvalue weighted by atomic mass is 79.9. The maximum absolute atomic E-state index is 11.7. The summed E-state index contributed by atoms with van der Waals surface area (Å²) >= 11 is 3.42. The van der Waals surface area contributed by atoms with Crippen LogP contribution in [0, 0.1) is 0 Å². The van der Waals surface area contributed by atoms with Crippen molar-refractivity contribution in [3.8, 4) is 0 Å². The van der Waals surface area contributed by atoms with Gasteiger partial charge in [-0.25, -0.2) is 0 Å².